The molecule has 0 spiro atoms. The highest BCUT2D eigenvalue weighted by molar-refractivity contribution is 5.62. The van der Waals surface area contributed by atoms with Gasteiger partial charge in [0.05, 0.1) is 40.8 Å². The highest BCUT2D eigenvalue weighted by Crippen LogP contribution is 2.54. The molecule has 2 rings (SSSR count). The van der Waals surface area contributed by atoms with Crippen LogP contribution in [0.15, 0.2) is 93.7 Å². The first-order valence-electron chi connectivity index (χ1n) is 11.0. The van der Waals surface area contributed by atoms with Crippen molar-refractivity contribution in [1.82, 2.24) is 0 Å². The number of allylic oxidation sites excluding steroid dienone is 16. The summed E-state index contributed by atoms with van der Waals surface area (Å²) in [5, 5.41) is 88.9. The van der Waals surface area contributed by atoms with Crippen molar-refractivity contribution < 1.29 is 0 Å². The molecule has 0 saturated carbocycles. The first-order valence-corrected chi connectivity index (χ1v) is 11.0. The lowest BCUT2D eigenvalue weighted by molar-refractivity contribution is 0.423. The fourth-order valence-corrected chi connectivity index (χ4v) is 3.46. The molecule has 1 unspecified atom stereocenters. The van der Waals surface area contributed by atoms with Crippen LogP contribution in [0.1, 0.15) is 12.8 Å². The molecule has 2 aliphatic rings. The fourth-order valence-electron chi connectivity index (χ4n) is 3.46. The van der Waals surface area contributed by atoms with Gasteiger partial charge in [-0.1, -0.05) is 36.5 Å². The Bertz CT molecular complexity index is 1630. The van der Waals surface area contributed by atoms with E-state index in [1.54, 1.807) is 36.4 Å². The van der Waals surface area contributed by atoms with Crippen molar-refractivity contribution >= 4 is 0 Å². The summed E-state index contributed by atoms with van der Waals surface area (Å²) in [6.07, 6.45) is 14.1. The fraction of sp³-hybridized carbons (Fsp3) is 0.133. The van der Waals surface area contributed by atoms with Crippen molar-refractivity contribution in [2.75, 3.05) is 0 Å². The van der Waals surface area contributed by atoms with Gasteiger partial charge in [0.15, 0.2) is 0 Å². The Morgan fingerprint density at radius 2 is 0.950 bits per heavy atom. The molecule has 0 bridgehead atoms. The van der Waals surface area contributed by atoms with Gasteiger partial charge in [-0.3, -0.25) is 0 Å². The van der Waals surface area contributed by atoms with Gasteiger partial charge in [-0.2, -0.15) is 52.6 Å². The summed E-state index contributed by atoms with van der Waals surface area (Å²) in [5.41, 5.74) is -0.117. The van der Waals surface area contributed by atoms with E-state index in [2.05, 4.69) is 0 Å². The van der Waals surface area contributed by atoms with E-state index < -0.39 is 11.3 Å². The lowest BCUT2D eigenvalue weighted by Gasteiger charge is -2.43. The van der Waals surface area contributed by atoms with E-state index in [9.17, 15) is 10.5 Å². The van der Waals surface area contributed by atoms with Crippen molar-refractivity contribution in [1.29, 1.82) is 52.6 Å². The maximum absolute atomic E-state index is 9.64. The van der Waals surface area contributed by atoms with Crippen LogP contribution in [0.3, 0.4) is 0 Å². The molecule has 0 aromatic heterocycles. The van der Waals surface area contributed by atoms with Gasteiger partial charge in [-0.15, -0.1) is 0 Å². The highest BCUT2D eigenvalue weighted by atomic mass is 14.5. The Morgan fingerprint density at radius 3 is 1.25 bits per heavy atom. The number of nitriles is 10. The maximum Gasteiger partial charge on any atom is 0.129 e. The number of hydrogen-bond donors (Lipinski definition) is 0. The predicted octanol–water partition coefficient (Wildman–Crippen LogP) is 4.66. The van der Waals surface area contributed by atoms with Gasteiger partial charge in [-0.05, 0) is 31.1 Å². The van der Waals surface area contributed by atoms with Gasteiger partial charge in [-0.25, -0.2) is 0 Å². The second-order valence-electron chi connectivity index (χ2n) is 7.62. The van der Waals surface area contributed by atoms with Gasteiger partial charge in [0.1, 0.15) is 53.1 Å². The van der Waals surface area contributed by atoms with Crippen LogP contribution < -0.4 is 0 Å². The molecule has 40 heavy (non-hydrogen) atoms. The molecule has 0 aliphatic heterocycles. The van der Waals surface area contributed by atoms with Crippen molar-refractivity contribution in [2.45, 2.75) is 12.8 Å². The summed E-state index contributed by atoms with van der Waals surface area (Å²) in [5.74, 6) is -0.688. The molecule has 10 nitrogen and oxygen atoms in total. The predicted molar refractivity (Wildman–Crippen MR) is 137 cm³/mol. The Labute approximate surface area is 231 Å². The van der Waals surface area contributed by atoms with Crippen LogP contribution in [0.4, 0.5) is 0 Å². The molecule has 184 valence electrons. The second kappa shape index (κ2) is 15.7. The largest absolute Gasteiger partial charge is 0.193 e. The molecule has 0 fully saturated rings. The van der Waals surface area contributed by atoms with Gasteiger partial charge >= 0.3 is 0 Å². The van der Waals surface area contributed by atoms with Gasteiger partial charge in [0, 0.05) is 17.1 Å². The van der Waals surface area contributed by atoms with E-state index >= 15 is 0 Å². The number of nitrogens with zero attached hydrogens (tertiary/aromatic N) is 10. The molecule has 0 radical (unpaired) electrons. The van der Waals surface area contributed by atoms with Crippen LogP contribution in [0, 0.1) is 125 Å². The Kier molecular flexibility index (Phi) is 12.1. The molecule has 0 amide bonds. The molecule has 1 atom stereocenters. The lowest BCUT2D eigenvalue weighted by atomic mass is 9.56. The standard InChI is InChI=1S/C24H10N8.C6H4N2/c25-10-18(11-26)4-1-7-22-21(16-31)23(17-32)24(22,8-2-5-19(12-27)13-28)9-3-6-20(14-29)15-30;7-3-5-1-2-6(5)4-8/h1-9,22H;1-2H2. The molecular formula is C30H14N10. The van der Waals surface area contributed by atoms with Crippen LogP contribution in [0.25, 0.3) is 0 Å². The lowest BCUT2D eigenvalue weighted by Crippen LogP contribution is -2.39. The minimum absolute atomic E-state index is 0.0969. The van der Waals surface area contributed by atoms with Gasteiger partial charge in [0.25, 0.3) is 0 Å². The minimum atomic E-state index is -1.19. The van der Waals surface area contributed by atoms with Crippen molar-refractivity contribution in [3.8, 4) is 60.7 Å². The Hall–Kier alpha value is -7.18. The van der Waals surface area contributed by atoms with Crippen molar-refractivity contribution in [3.05, 3.63) is 93.7 Å². The van der Waals surface area contributed by atoms with Crippen LogP contribution in [-0.2, 0) is 0 Å². The Balaban J connectivity index is 0.000000850. The van der Waals surface area contributed by atoms with E-state index in [1.807, 2.05) is 24.3 Å². The average Bonchev–Trinajstić information content (AvgIpc) is 2.96. The van der Waals surface area contributed by atoms with Crippen LogP contribution in [0.5, 0.6) is 0 Å². The molecule has 2 aliphatic carbocycles. The smallest absolute Gasteiger partial charge is 0.129 e. The SMILES string of the molecule is N#CC(C#N)=CC=CC1C(C#N)=C(C#N)C1(C=CC=C(C#N)C#N)C=CC=C(C#N)C#N.N#CC1=C(C#N)CC1. The van der Waals surface area contributed by atoms with Crippen LogP contribution in [0.2, 0.25) is 0 Å². The van der Waals surface area contributed by atoms with E-state index in [4.69, 9.17) is 42.1 Å². The summed E-state index contributed by atoms with van der Waals surface area (Å²) >= 11 is 0. The van der Waals surface area contributed by atoms with Crippen LogP contribution >= 0.6 is 0 Å². The zero-order valence-corrected chi connectivity index (χ0v) is 20.7. The van der Waals surface area contributed by atoms with Gasteiger partial charge < -0.3 is 0 Å². The average molecular weight is 515 g/mol. The van der Waals surface area contributed by atoms with Crippen molar-refractivity contribution in [3.63, 3.8) is 0 Å². The number of hydrogen-bond acceptors (Lipinski definition) is 10. The molecule has 0 N–H and O–H groups in total. The summed E-state index contributed by atoms with van der Waals surface area (Å²) in [6.45, 7) is 0. The normalized spacial score (nSPS) is 17.9. The Morgan fingerprint density at radius 1 is 0.550 bits per heavy atom. The number of rotatable bonds is 6. The molecular weight excluding hydrogens is 500 g/mol. The first kappa shape index (κ1) is 30.9. The van der Waals surface area contributed by atoms with Crippen molar-refractivity contribution in [2.24, 2.45) is 11.3 Å². The van der Waals surface area contributed by atoms with E-state index in [0.29, 0.717) is 11.1 Å². The van der Waals surface area contributed by atoms with E-state index in [-0.39, 0.29) is 27.9 Å². The molecule has 0 heterocycles. The topological polar surface area (TPSA) is 238 Å². The molecule has 0 aromatic rings. The summed E-state index contributed by atoms with van der Waals surface area (Å²) < 4.78 is 0. The van der Waals surface area contributed by atoms with E-state index in [1.165, 1.54) is 54.7 Å². The monoisotopic (exact) mass is 514 g/mol. The van der Waals surface area contributed by atoms with E-state index in [0.717, 1.165) is 12.8 Å². The summed E-state index contributed by atoms with van der Waals surface area (Å²) in [4.78, 5) is 0. The third-order valence-electron chi connectivity index (χ3n) is 5.58. The molecule has 10 heteroatoms. The first-order chi connectivity index (χ1) is 19.4. The maximum atomic E-state index is 9.64. The highest BCUT2D eigenvalue weighted by Gasteiger charge is 2.50. The summed E-state index contributed by atoms with van der Waals surface area (Å²) in [6, 6.07) is 18.1. The third-order valence-corrected chi connectivity index (χ3v) is 5.58. The minimum Gasteiger partial charge on any atom is -0.193 e. The summed E-state index contributed by atoms with van der Waals surface area (Å²) in [7, 11) is 0. The zero-order valence-electron chi connectivity index (χ0n) is 20.7. The molecule has 0 saturated heterocycles. The second-order valence-corrected chi connectivity index (χ2v) is 7.62. The van der Waals surface area contributed by atoms with Crippen LogP contribution in [-0.4, -0.2) is 0 Å². The quantitative estimate of drug-likeness (QED) is 0.350. The third kappa shape index (κ3) is 7.17. The molecule has 0 aromatic carbocycles. The van der Waals surface area contributed by atoms with Gasteiger partial charge in [0.2, 0.25) is 0 Å². The zero-order chi connectivity index (χ0) is 30.0.